The number of allylic oxidation sites excluding steroid dienone is 2. The summed E-state index contributed by atoms with van der Waals surface area (Å²) in [6.45, 7) is 5.60. The summed E-state index contributed by atoms with van der Waals surface area (Å²) in [5.74, 6) is -0.651. The van der Waals surface area contributed by atoms with E-state index in [2.05, 4.69) is 16.4 Å². The molecule has 3 aromatic carbocycles. The van der Waals surface area contributed by atoms with Crippen LogP contribution in [0.15, 0.2) is 90.2 Å². The summed E-state index contributed by atoms with van der Waals surface area (Å²) in [5, 5.41) is 15.3. The summed E-state index contributed by atoms with van der Waals surface area (Å²) >= 11 is 0. The molecule has 3 N–H and O–H groups in total. The number of aromatic amines is 1. The molecule has 5 heteroatoms. The van der Waals surface area contributed by atoms with Crippen molar-refractivity contribution in [2.45, 2.75) is 38.6 Å². The molecule has 5 rings (SSSR count). The minimum absolute atomic E-state index is 0.0860. The minimum Gasteiger partial charge on any atom is -0.510 e. The van der Waals surface area contributed by atoms with Crippen LogP contribution in [0.3, 0.4) is 0 Å². The molecular weight excluding hydrogens is 436 g/mol. The van der Waals surface area contributed by atoms with Crippen LogP contribution in [0.1, 0.15) is 47.7 Å². The maximum atomic E-state index is 13.8. The van der Waals surface area contributed by atoms with Gasteiger partial charge in [-0.25, -0.2) is 0 Å². The van der Waals surface area contributed by atoms with E-state index in [0.29, 0.717) is 12.1 Å². The van der Waals surface area contributed by atoms with Gasteiger partial charge in [0, 0.05) is 41.2 Å². The van der Waals surface area contributed by atoms with Crippen molar-refractivity contribution in [2.24, 2.45) is 0 Å². The van der Waals surface area contributed by atoms with Crippen molar-refractivity contribution in [1.82, 2.24) is 10.3 Å². The first-order valence-corrected chi connectivity index (χ1v) is 11.8. The predicted octanol–water partition coefficient (Wildman–Crippen LogP) is 5.60. The fraction of sp³-hybridized carbons (Fsp3) is 0.200. The Balaban J connectivity index is 1.74. The second kappa shape index (κ2) is 8.58. The lowest BCUT2D eigenvalue weighted by Crippen LogP contribution is -2.48. The molecular formula is C30H28N2O3. The molecule has 35 heavy (non-hydrogen) atoms. The number of carbonyl (C=O) groups excluding carboxylic acids is 2. The highest BCUT2D eigenvalue weighted by molar-refractivity contribution is 6.14. The Hall–Kier alpha value is -4.12. The molecule has 2 unspecified atom stereocenters. The van der Waals surface area contributed by atoms with E-state index in [-0.39, 0.29) is 17.4 Å². The van der Waals surface area contributed by atoms with Gasteiger partial charge in [-0.05, 0) is 36.6 Å². The zero-order chi connectivity index (χ0) is 24.7. The molecule has 1 aromatic heterocycles. The van der Waals surface area contributed by atoms with Crippen molar-refractivity contribution in [2.75, 3.05) is 0 Å². The fourth-order valence-electron chi connectivity index (χ4n) is 5.16. The minimum atomic E-state index is -1.08. The second-order valence-corrected chi connectivity index (χ2v) is 9.40. The first kappa shape index (κ1) is 22.7. The SMILES string of the molecule is CC(=O)NCc1c(C(C2=C(O)C(C)(c3ccccc3)C2=O)c2ccccc2)[nH]c2cc(C)ccc12. The fourth-order valence-corrected chi connectivity index (χ4v) is 5.16. The van der Waals surface area contributed by atoms with E-state index in [0.717, 1.165) is 38.9 Å². The predicted molar refractivity (Wildman–Crippen MR) is 137 cm³/mol. The van der Waals surface area contributed by atoms with E-state index in [4.69, 9.17) is 0 Å². The summed E-state index contributed by atoms with van der Waals surface area (Å²) in [5.41, 5.74) is 4.71. The number of aliphatic hydroxyl groups is 1. The van der Waals surface area contributed by atoms with Gasteiger partial charge in [-0.1, -0.05) is 72.8 Å². The number of ketones is 1. The number of Topliss-reactive ketones (excluding diaryl/α,β-unsaturated/α-hetero) is 1. The van der Waals surface area contributed by atoms with Gasteiger partial charge in [-0.3, -0.25) is 9.59 Å². The first-order valence-electron chi connectivity index (χ1n) is 11.8. The summed E-state index contributed by atoms with van der Waals surface area (Å²) in [6, 6.07) is 25.2. The van der Waals surface area contributed by atoms with E-state index in [1.165, 1.54) is 6.92 Å². The molecule has 0 fully saturated rings. The molecule has 1 heterocycles. The molecule has 1 aliphatic rings. The maximum absolute atomic E-state index is 13.8. The molecule has 1 amide bonds. The van der Waals surface area contributed by atoms with Gasteiger partial charge in [0.1, 0.15) is 11.2 Å². The number of fused-ring (bicyclic) bond motifs is 1. The van der Waals surface area contributed by atoms with Gasteiger partial charge in [-0.2, -0.15) is 0 Å². The third-order valence-electron chi connectivity index (χ3n) is 7.10. The molecule has 4 aromatic rings. The average molecular weight is 465 g/mol. The molecule has 0 spiro atoms. The van der Waals surface area contributed by atoms with Crippen LogP contribution in [0.5, 0.6) is 0 Å². The Kier molecular flexibility index (Phi) is 5.56. The van der Waals surface area contributed by atoms with E-state index in [1.807, 2.05) is 79.7 Å². The van der Waals surface area contributed by atoms with Crippen LogP contribution in [0.25, 0.3) is 10.9 Å². The summed E-state index contributed by atoms with van der Waals surface area (Å²) in [4.78, 5) is 29.2. The van der Waals surface area contributed by atoms with Gasteiger partial charge in [0.15, 0.2) is 5.78 Å². The van der Waals surface area contributed by atoms with Crippen LogP contribution >= 0.6 is 0 Å². The number of hydrogen-bond donors (Lipinski definition) is 3. The van der Waals surface area contributed by atoms with E-state index < -0.39 is 11.3 Å². The van der Waals surface area contributed by atoms with Crippen molar-refractivity contribution in [1.29, 1.82) is 0 Å². The Morgan fingerprint density at radius 2 is 1.69 bits per heavy atom. The third-order valence-corrected chi connectivity index (χ3v) is 7.10. The lowest BCUT2D eigenvalue weighted by Gasteiger charge is -2.41. The number of H-pyrrole nitrogens is 1. The zero-order valence-electron chi connectivity index (χ0n) is 20.1. The Morgan fingerprint density at radius 3 is 2.31 bits per heavy atom. The van der Waals surface area contributed by atoms with Crippen LogP contribution < -0.4 is 5.32 Å². The normalized spacial score (nSPS) is 18.4. The number of rotatable bonds is 6. The molecule has 176 valence electrons. The van der Waals surface area contributed by atoms with Crippen molar-refractivity contribution in [3.63, 3.8) is 0 Å². The van der Waals surface area contributed by atoms with Crippen LogP contribution in [-0.4, -0.2) is 21.8 Å². The standard InChI is InChI=1S/C30H28N2O3/c1-18-14-15-22-23(17-31-19(2)33)27(32-24(22)16-18)25(20-10-6-4-7-11-20)26-28(34)30(3,29(26)35)21-12-8-5-9-13-21/h4-16,25,32,34H,17H2,1-3H3,(H,31,33). The van der Waals surface area contributed by atoms with E-state index >= 15 is 0 Å². The molecule has 0 saturated carbocycles. The number of benzene rings is 3. The monoisotopic (exact) mass is 464 g/mol. The van der Waals surface area contributed by atoms with Gasteiger partial charge >= 0.3 is 0 Å². The number of aromatic nitrogens is 1. The largest absolute Gasteiger partial charge is 0.510 e. The molecule has 0 bridgehead atoms. The topological polar surface area (TPSA) is 82.2 Å². The van der Waals surface area contributed by atoms with E-state index in [9.17, 15) is 14.7 Å². The highest BCUT2D eigenvalue weighted by Gasteiger charge is 2.54. The molecule has 1 aliphatic carbocycles. The van der Waals surface area contributed by atoms with Crippen molar-refractivity contribution in [3.05, 3.63) is 118 Å². The Bertz CT molecular complexity index is 1470. The lowest BCUT2D eigenvalue weighted by atomic mass is 9.60. The van der Waals surface area contributed by atoms with Gasteiger partial charge in [-0.15, -0.1) is 0 Å². The van der Waals surface area contributed by atoms with Crippen molar-refractivity contribution in [3.8, 4) is 0 Å². The van der Waals surface area contributed by atoms with Gasteiger partial charge < -0.3 is 15.4 Å². The maximum Gasteiger partial charge on any atom is 0.217 e. The lowest BCUT2D eigenvalue weighted by molar-refractivity contribution is -0.124. The highest BCUT2D eigenvalue weighted by atomic mass is 16.3. The zero-order valence-corrected chi connectivity index (χ0v) is 20.1. The summed E-state index contributed by atoms with van der Waals surface area (Å²) < 4.78 is 0. The number of aliphatic hydroxyl groups excluding tert-OH is 1. The van der Waals surface area contributed by atoms with Crippen LogP contribution in [0.4, 0.5) is 0 Å². The van der Waals surface area contributed by atoms with Crippen LogP contribution in [0.2, 0.25) is 0 Å². The molecule has 0 radical (unpaired) electrons. The highest BCUT2D eigenvalue weighted by Crippen LogP contribution is 2.51. The number of amides is 1. The number of aryl methyl sites for hydroxylation is 1. The van der Waals surface area contributed by atoms with Crippen LogP contribution in [-0.2, 0) is 21.5 Å². The number of hydrogen-bond acceptors (Lipinski definition) is 3. The first-order chi connectivity index (χ1) is 16.8. The molecule has 0 aliphatic heterocycles. The van der Waals surface area contributed by atoms with Crippen molar-refractivity contribution < 1.29 is 14.7 Å². The molecule has 0 saturated heterocycles. The van der Waals surface area contributed by atoms with Crippen molar-refractivity contribution >= 4 is 22.6 Å². The third kappa shape index (κ3) is 3.64. The Morgan fingerprint density at radius 1 is 1.03 bits per heavy atom. The number of carbonyl (C=O) groups is 2. The average Bonchev–Trinajstić information content (AvgIpc) is 3.22. The number of nitrogens with one attached hydrogen (secondary N) is 2. The molecule has 5 nitrogen and oxygen atoms in total. The van der Waals surface area contributed by atoms with Gasteiger partial charge in [0.25, 0.3) is 0 Å². The second-order valence-electron chi connectivity index (χ2n) is 9.40. The Labute approximate surface area is 204 Å². The smallest absolute Gasteiger partial charge is 0.217 e. The van der Waals surface area contributed by atoms with Gasteiger partial charge in [0.2, 0.25) is 5.91 Å². The van der Waals surface area contributed by atoms with Crippen LogP contribution in [0, 0.1) is 6.92 Å². The van der Waals surface area contributed by atoms with E-state index in [1.54, 1.807) is 6.92 Å². The summed E-state index contributed by atoms with van der Waals surface area (Å²) in [7, 11) is 0. The quantitative estimate of drug-likeness (QED) is 0.348. The molecule has 2 atom stereocenters. The summed E-state index contributed by atoms with van der Waals surface area (Å²) in [6.07, 6.45) is 0. The van der Waals surface area contributed by atoms with Gasteiger partial charge in [0.05, 0.1) is 5.92 Å².